The standard InChI is InChI=1S/C21H17N3O4S/c1-13-9-14(2)19-18(10-13)22-21(29-19)23(12-17-7-4-8-28-17)20(25)15-5-3-6-16(11-15)24(26)27/h3-11H,12H2,1-2H3. The van der Waals surface area contributed by atoms with Crippen LogP contribution in [0.1, 0.15) is 27.2 Å². The zero-order valence-corrected chi connectivity index (χ0v) is 16.6. The molecule has 0 aliphatic rings. The van der Waals surface area contributed by atoms with Crippen LogP contribution in [-0.2, 0) is 6.54 Å². The van der Waals surface area contributed by atoms with Gasteiger partial charge in [0, 0.05) is 17.7 Å². The number of benzene rings is 2. The minimum atomic E-state index is -0.516. The average Bonchev–Trinajstić information content (AvgIpc) is 3.35. The van der Waals surface area contributed by atoms with Crippen molar-refractivity contribution >= 4 is 38.3 Å². The van der Waals surface area contributed by atoms with E-state index in [4.69, 9.17) is 4.42 Å². The number of carbonyl (C=O) groups is 1. The van der Waals surface area contributed by atoms with E-state index in [9.17, 15) is 14.9 Å². The van der Waals surface area contributed by atoms with E-state index < -0.39 is 4.92 Å². The summed E-state index contributed by atoms with van der Waals surface area (Å²) in [5, 5.41) is 11.6. The number of nitrogens with zero attached hydrogens (tertiary/aromatic N) is 3. The predicted octanol–water partition coefficient (Wildman–Crippen LogP) is 5.26. The molecule has 7 nitrogen and oxygen atoms in total. The number of nitro benzene ring substituents is 1. The number of fused-ring (bicyclic) bond motifs is 1. The van der Waals surface area contributed by atoms with E-state index in [1.165, 1.54) is 40.7 Å². The van der Waals surface area contributed by atoms with Gasteiger partial charge in [-0.3, -0.25) is 19.8 Å². The van der Waals surface area contributed by atoms with E-state index in [1.54, 1.807) is 18.2 Å². The molecule has 4 rings (SSSR count). The first-order chi connectivity index (χ1) is 13.9. The second-order valence-electron chi connectivity index (χ2n) is 6.70. The lowest BCUT2D eigenvalue weighted by Crippen LogP contribution is -2.30. The summed E-state index contributed by atoms with van der Waals surface area (Å²) in [6.07, 6.45) is 1.54. The Morgan fingerprint density at radius 1 is 1.21 bits per heavy atom. The molecular weight excluding hydrogens is 390 g/mol. The number of hydrogen-bond acceptors (Lipinski definition) is 6. The Labute approximate surface area is 170 Å². The summed E-state index contributed by atoms with van der Waals surface area (Å²) in [5.41, 5.74) is 3.08. The van der Waals surface area contributed by atoms with Gasteiger partial charge in [0.1, 0.15) is 5.76 Å². The van der Waals surface area contributed by atoms with Crippen molar-refractivity contribution in [3.05, 3.63) is 87.4 Å². The van der Waals surface area contributed by atoms with Gasteiger partial charge < -0.3 is 4.42 Å². The maximum Gasteiger partial charge on any atom is 0.270 e. The molecule has 29 heavy (non-hydrogen) atoms. The second kappa shape index (κ2) is 7.48. The van der Waals surface area contributed by atoms with Crippen molar-refractivity contribution < 1.29 is 14.1 Å². The molecule has 2 aromatic carbocycles. The number of nitro groups is 1. The summed E-state index contributed by atoms with van der Waals surface area (Å²) in [6.45, 7) is 4.18. The van der Waals surface area contributed by atoms with Crippen LogP contribution in [-0.4, -0.2) is 15.8 Å². The van der Waals surface area contributed by atoms with Crippen LogP contribution in [0.2, 0.25) is 0 Å². The number of non-ortho nitro benzene ring substituents is 1. The fraction of sp³-hybridized carbons (Fsp3) is 0.143. The van der Waals surface area contributed by atoms with Gasteiger partial charge in [-0.15, -0.1) is 0 Å². The monoisotopic (exact) mass is 407 g/mol. The number of thiazole rings is 1. The van der Waals surface area contributed by atoms with Gasteiger partial charge in [-0.1, -0.05) is 23.5 Å². The molecular formula is C21H17N3O4S. The zero-order valence-electron chi connectivity index (χ0n) is 15.8. The summed E-state index contributed by atoms with van der Waals surface area (Å²) in [4.78, 5) is 30.1. The molecule has 2 heterocycles. The highest BCUT2D eigenvalue weighted by molar-refractivity contribution is 7.22. The molecule has 2 aromatic heterocycles. The predicted molar refractivity (Wildman–Crippen MR) is 111 cm³/mol. The SMILES string of the molecule is Cc1cc(C)c2sc(N(Cc3ccco3)C(=O)c3cccc([N+](=O)[O-])c3)nc2c1. The van der Waals surface area contributed by atoms with Gasteiger partial charge in [0.15, 0.2) is 5.13 Å². The van der Waals surface area contributed by atoms with E-state index >= 15 is 0 Å². The van der Waals surface area contributed by atoms with Crippen LogP contribution in [0.5, 0.6) is 0 Å². The van der Waals surface area contributed by atoms with Crippen molar-refractivity contribution in [1.82, 2.24) is 4.98 Å². The Hall–Kier alpha value is -3.52. The Bertz CT molecular complexity index is 1210. The molecule has 0 unspecified atom stereocenters. The van der Waals surface area contributed by atoms with Crippen LogP contribution in [0.15, 0.2) is 59.2 Å². The second-order valence-corrected chi connectivity index (χ2v) is 7.68. The number of aryl methyl sites for hydroxylation is 2. The normalized spacial score (nSPS) is 11.0. The van der Waals surface area contributed by atoms with Crippen LogP contribution in [0.25, 0.3) is 10.2 Å². The summed E-state index contributed by atoms with van der Waals surface area (Å²) in [6, 6.07) is 13.3. The van der Waals surface area contributed by atoms with Gasteiger partial charge >= 0.3 is 0 Å². The molecule has 8 heteroatoms. The maximum atomic E-state index is 13.3. The summed E-state index contributed by atoms with van der Waals surface area (Å²) < 4.78 is 6.43. The largest absolute Gasteiger partial charge is 0.467 e. The Kier molecular flexibility index (Phi) is 4.85. The highest BCUT2D eigenvalue weighted by Crippen LogP contribution is 2.34. The molecule has 0 radical (unpaired) electrons. The summed E-state index contributed by atoms with van der Waals surface area (Å²) in [7, 11) is 0. The van der Waals surface area contributed by atoms with Crippen LogP contribution in [0.3, 0.4) is 0 Å². The molecule has 0 N–H and O–H groups in total. The third-order valence-electron chi connectivity index (χ3n) is 4.48. The Balaban J connectivity index is 1.80. The van der Waals surface area contributed by atoms with E-state index in [2.05, 4.69) is 11.1 Å². The number of aromatic nitrogens is 1. The van der Waals surface area contributed by atoms with Crippen molar-refractivity contribution in [2.24, 2.45) is 0 Å². The Morgan fingerprint density at radius 2 is 2.03 bits per heavy atom. The van der Waals surface area contributed by atoms with Gasteiger partial charge in [-0.2, -0.15) is 0 Å². The van der Waals surface area contributed by atoms with Crippen molar-refractivity contribution in [2.75, 3.05) is 4.90 Å². The van der Waals surface area contributed by atoms with Crippen molar-refractivity contribution in [1.29, 1.82) is 0 Å². The quantitative estimate of drug-likeness (QED) is 0.332. The third kappa shape index (κ3) is 3.74. The number of anilines is 1. The number of furan rings is 1. The minimum absolute atomic E-state index is 0.135. The van der Waals surface area contributed by atoms with Gasteiger partial charge in [0.2, 0.25) is 0 Å². The van der Waals surface area contributed by atoms with E-state index in [1.807, 2.05) is 19.9 Å². The fourth-order valence-electron chi connectivity index (χ4n) is 3.17. The molecule has 0 spiro atoms. The van der Waals surface area contributed by atoms with Crippen LogP contribution in [0, 0.1) is 24.0 Å². The molecule has 0 bridgehead atoms. The van der Waals surface area contributed by atoms with Crippen molar-refractivity contribution in [3.8, 4) is 0 Å². The topological polar surface area (TPSA) is 89.5 Å². The summed E-state index contributed by atoms with van der Waals surface area (Å²) in [5.74, 6) is 0.217. The maximum absolute atomic E-state index is 13.3. The number of amides is 1. The van der Waals surface area contributed by atoms with Crippen LogP contribution >= 0.6 is 11.3 Å². The Morgan fingerprint density at radius 3 is 2.76 bits per heavy atom. The van der Waals surface area contributed by atoms with Gasteiger partial charge in [0.25, 0.3) is 11.6 Å². The van der Waals surface area contributed by atoms with Gasteiger partial charge in [-0.25, -0.2) is 4.98 Å². The van der Waals surface area contributed by atoms with E-state index in [0.717, 1.165) is 21.3 Å². The molecule has 0 saturated carbocycles. The molecule has 1 amide bonds. The number of hydrogen-bond donors (Lipinski definition) is 0. The van der Waals surface area contributed by atoms with Crippen molar-refractivity contribution in [2.45, 2.75) is 20.4 Å². The molecule has 0 aliphatic carbocycles. The van der Waals surface area contributed by atoms with Crippen molar-refractivity contribution in [3.63, 3.8) is 0 Å². The first-order valence-corrected chi connectivity index (χ1v) is 9.70. The first kappa shape index (κ1) is 18.8. The molecule has 0 saturated heterocycles. The van der Waals surface area contributed by atoms with E-state index in [0.29, 0.717) is 10.9 Å². The first-order valence-electron chi connectivity index (χ1n) is 8.89. The molecule has 4 aromatic rings. The lowest BCUT2D eigenvalue weighted by Gasteiger charge is -2.18. The highest BCUT2D eigenvalue weighted by Gasteiger charge is 2.24. The molecule has 0 aliphatic heterocycles. The van der Waals surface area contributed by atoms with Gasteiger partial charge in [0.05, 0.1) is 27.9 Å². The lowest BCUT2D eigenvalue weighted by molar-refractivity contribution is -0.384. The highest BCUT2D eigenvalue weighted by atomic mass is 32.1. The summed E-state index contributed by atoms with van der Waals surface area (Å²) >= 11 is 1.41. The number of rotatable bonds is 5. The minimum Gasteiger partial charge on any atom is -0.467 e. The van der Waals surface area contributed by atoms with Crippen LogP contribution < -0.4 is 4.90 Å². The average molecular weight is 407 g/mol. The lowest BCUT2D eigenvalue weighted by atomic mass is 10.1. The van der Waals surface area contributed by atoms with E-state index in [-0.39, 0.29) is 23.7 Å². The number of carbonyl (C=O) groups excluding carboxylic acids is 1. The molecule has 0 atom stereocenters. The smallest absolute Gasteiger partial charge is 0.270 e. The molecule has 0 fully saturated rings. The zero-order chi connectivity index (χ0) is 20.5. The van der Waals surface area contributed by atoms with Gasteiger partial charge in [-0.05, 0) is 49.2 Å². The third-order valence-corrected chi connectivity index (χ3v) is 5.71. The molecule has 146 valence electrons. The van der Waals surface area contributed by atoms with Crippen LogP contribution in [0.4, 0.5) is 10.8 Å². The fourth-order valence-corrected chi connectivity index (χ4v) is 4.19.